The molecule has 198 valence electrons. The molecule has 37 heavy (non-hydrogen) atoms. The highest BCUT2D eigenvalue weighted by Gasteiger charge is 2.31. The van der Waals surface area contributed by atoms with Crippen LogP contribution in [0, 0.1) is 6.92 Å². The Balaban J connectivity index is 1.86. The second kappa shape index (κ2) is 10.4. The van der Waals surface area contributed by atoms with Crippen LogP contribution in [0.3, 0.4) is 0 Å². The summed E-state index contributed by atoms with van der Waals surface area (Å²) in [5.74, 6) is -0.678. The van der Waals surface area contributed by atoms with E-state index in [1.165, 1.54) is 49.6 Å². The number of carbonyl (C=O) groups is 1. The average Bonchev–Trinajstić information content (AvgIpc) is 2.84. The number of alkyl halides is 3. The summed E-state index contributed by atoms with van der Waals surface area (Å²) in [5, 5.41) is 0. The average molecular weight is 557 g/mol. The monoisotopic (exact) mass is 556 g/mol. The van der Waals surface area contributed by atoms with E-state index in [1.807, 2.05) is 0 Å². The molecule has 3 rings (SSSR count). The molecule has 0 unspecified atom stereocenters. The first-order chi connectivity index (χ1) is 17.2. The number of hydrogen-bond acceptors (Lipinski definition) is 6. The molecule has 0 saturated heterocycles. The molecule has 8 nitrogen and oxygen atoms in total. The van der Waals surface area contributed by atoms with Crippen molar-refractivity contribution in [3.63, 3.8) is 0 Å². The van der Waals surface area contributed by atoms with E-state index in [-0.39, 0.29) is 33.3 Å². The fourth-order valence-electron chi connectivity index (χ4n) is 3.44. The molecule has 0 heterocycles. The number of nitrogens with one attached hydrogen (secondary N) is 1. The summed E-state index contributed by atoms with van der Waals surface area (Å²) in [7, 11) is -7.11. The van der Waals surface area contributed by atoms with Gasteiger partial charge in [-0.05, 0) is 80.1 Å². The Morgan fingerprint density at radius 3 is 2.00 bits per heavy atom. The number of sulfonamides is 2. The largest absolute Gasteiger partial charge is 0.465 e. The summed E-state index contributed by atoms with van der Waals surface area (Å²) < 4.78 is 98.1. The molecule has 1 N–H and O–H groups in total. The second-order valence-corrected chi connectivity index (χ2v) is 11.4. The topological polar surface area (TPSA) is 110 Å². The van der Waals surface area contributed by atoms with E-state index in [0.717, 1.165) is 16.4 Å². The number of anilines is 2. The van der Waals surface area contributed by atoms with Crippen molar-refractivity contribution in [3.05, 3.63) is 83.4 Å². The van der Waals surface area contributed by atoms with Gasteiger partial charge in [0.1, 0.15) is 0 Å². The lowest BCUT2D eigenvalue weighted by Gasteiger charge is -2.23. The lowest BCUT2D eigenvalue weighted by atomic mass is 10.1. The summed E-state index contributed by atoms with van der Waals surface area (Å²) in [5.41, 5.74) is -0.0456. The first kappa shape index (κ1) is 28.0. The number of aryl methyl sites for hydroxylation is 1. The maximum Gasteiger partial charge on any atom is 0.416 e. The van der Waals surface area contributed by atoms with Crippen LogP contribution in [0.5, 0.6) is 0 Å². The lowest BCUT2D eigenvalue weighted by Crippen LogP contribution is -2.31. The van der Waals surface area contributed by atoms with Crippen LogP contribution in [0.1, 0.15) is 28.4 Å². The van der Waals surface area contributed by atoms with Crippen LogP contribution < -0.4 is 9.03 Å². The van der Waals surface area contributed by atoms with Gasteiger partial charge < -0.3 is 4.74 Å². The van der Waals surface area contributed by atoms with Crippen molar-refractivity contribution in [3.8, 4) is 0 Å². The van der Waals surface area contributed by atoms with Gasteiger partial charge in [-0.25, -0.2) is 21.6 Å². The quantitative estimate of drug-likeness (QED) is 0.399. The van der Waals surface area contributed by atoms with Gasteiger partial charge in [-0.1, -0.05) is 6.07 Å². The molecule has 0 aromatic heterocycles. The Kier molecular flexibility index (Phi) is 7.89. The third kappa shape index (κ3) is 6.05. The van der Waals surface area contributed by atoms with Gasteiger partial charge in [0, 0.05) is 12.2 Å². The summed E-state index contributed by atoms with van der Waals surface area (Å²) >= 11 is 0. The van der Waals surface area contributed by atoms with E-state index in [0.29, 0.717) is 17.7 Å². The van der Waals surface area contributed by atoms with Gasteiger partial charge >= 0.3 is 12.1 Å². The molecule has 0 aliphatic heterocycles. The van der Waals surface area contributed by atoms with Gasteiger partial charge in [0.05, 0.1) is 33.7 Å². The van der Waals surface area contributed by atoms with E-state index in [4.69, 9.17) is 4.74 Å². The molecule has 3 aromatic carbocycles. The number of nitrogens with zero attached hydrogens (tertiary/aromatic N) is 1. The Hall–Kier alpha value is -3.58. The number of hydrogen-bond donors (Lipinski definition) is 1. The molecule has 0 radical (unpaired) electrons. The number of methoxy groups -OCH3 is 1. The zero-order chi connectivity index (χ0) is 27.6. The van der Waals surface area contributed by atoms with Crippen LogP contribution >= 0.6 is 0 Å². The van der Waals surface area contributed by atoms with Crippen molar-refractivity contribution in [2.45, 2.75) is 29.8 Å². The highest BCUT2D eigenvalue weighted by atomic mass is 32.2. The predicted octanol–water partition coefficient (Wildman–Crippen LogP) is 4.82. The van der Waals surface area contributed by atoms with Crippen molar-refractivity contribution >= 4 is 37.4 Å². The highest BCUT2D eigenvalue weighted by molar-refractivity contribution is 7.93. The van der Waals surface area contributed by atoms with Crippen LogP contribution in [-0.2, 0) is 31.0 Å². The van der Waals surface area contributed by atoms with E-state index in [1.54, 1.807) is 13.8 Å². The molecule has 0 spiro atoms. The van der Waals surface area contributed by atoms with Gasteiger partial charge in [0.25, 0.3) is 20.0 Å². The zero-order valence-corrected chi connectivity index (χ0v) is 21.5. The van der Waals surface area contributed by atoms with Crippen LogP contribution in [0.4, 0.5) is 24.5 Å². The number of ether oxygens (including phenoxy) is 1. The van der Waals surface area contributed by atoms with Crippen LogP contribution in [-0.4, -0.2) is 36.5 Å². The van der Waals surface area contributed by atoms with Gasteiger partial charge in [-0.15, -0.1) is 0 Å². The Bertz CT molecular complexity index is 1500. The molecular weight excluding hydrogens is 533 g/mol. The number of rotatable bonds is 8. The zero-order valence-electron chi connectivity index (χ0n) is 19.9. The van der Waals surface area contributed by atoms with Crippen LogP contribution in [0.15, 0.2) is 76.5 Å². The normalized spacial score (nSPS) is 12.2. The molecule has 0 aliphatic rings. The maximum absolute atomic E-state index is 13.3. The van der Waals surface area contributed by atoms with Crippen molar-refractivity contribution < 1.29 is 39.5 Å². The minimum Gasteiger partial charge on any atom is -0.465 e. The SMILES string of the molecule is CCN(c1ccc(NS(=O)(=O)c2ccc(C(F)(F)F)cc2)cc1)S(=O)(=O)c1ccc(C)c(C(=O)OC)c1. The smallest absolute Gasteiger partial charge is 0.416 e. The minimum atomic E-state index is -4.60. The highest BCUT2D eigenvalue weighted by Crippen LogP contribution is 2.31. The number of benzene rings is 3. The minimum absolute atomic E-state index is 0.0282. The molecular formula is C24H23F3N2O6S2. The van der Waals surface area contributed by atoms with Crippen molar-refractivity contribution in [2.75, 3.05) is 22.7 Å². The van der Waals surface area contributed by atoms with Gasteiger partial charge in [0.15, 0.2) is 0 Å². The molecule has 13 heteroatoms. The van der Waals surface area contributed by atoms with E-state index in [2.05, 4.69) is 4.72 Å². The molecule has 0 atom stereocenters. The summed E-state index contributed by atoms with van der Waals surface area (Å²) in [4.78, 5) is 11.5. The fraction of sp³-hybridized carbons (Fsp3) is 0.208. The number of carbonyl (C=O) groups excluding carboxylic acids is 1. The summed E-state index contributed by atoms with van der Waals surface area (Å²) in [6.07, 6.45) is -4.60. The molecule has 0 amide bonds. The van der Waals surface area contributed by atoms with Crippen molar-refractivity contribution in [2.24, 2.45) is 0 Å². The molecule has 0 saturated carbocycles. The van der Waals surface area contributed by atoms with E-state index in [9.17, 15) is 34.8 Å². The standard InChI is InChI=1S/C24H23F3N2O6S2/c1-4-29(37(33,34)21-12-5-16(2)22(15-21)23(30)35-3)19-10-8-18(9-11-19)28-36(31,32)20-13-6-17(7-14-20)24(25,26)27/h5-15,28H,4H2,1-3H3. The van der Waals surface area contributed by atoms with Crippen molar-refractivity contribution in [1.82, 2.24) is 0 Å². The Labute approximate surface area is 212 Å². The van der Waals surface area contributed by atoms with Crippen molar-refractivity contribution in [1.29, 1.82) is 0 Å². The molecule has 0 aliphatic carbocycles. The Morgan fingerprint density at radius 1 is 0.919 bits per heavy atom. The first-order valence-electron chi connectivity index (χ1n) is 10.7. The third-order valence-electron chi connectivity index (χ3n) is 5.39. The summed E-state index contributed by atoms with van der Waals surface area (Å²) in [6, 6.07) is 12.5. The number of esters is 1. The second-order valence-electron chi connectivity index (χ2n) is 7.81. The van der Waals surface area contributed by atoms with Gasteiger partial charge in [-0.3, -0.25) is 9.03 Å². The van der Waals surface area contributed by atoms with Gasteiger partial charge in [-0.2, -0.15) is 13.2 Å². The Morgan fingerprint density at radius 2 is 1.49 bits per heavy atom. The van der Waals surface area contributed by atoms with Crippen LogP contribution in [0.25, 0.3) is 0 Å². The lowest BCUT2D eigenvalue weighted by molar-refractivity contribution is -0.137. The third-order valence-corrected chi connectivity index (χ3v) is 8.69. The fourth-order valence-corrected chi connectivity index (χ4v) is 6.00. The van der Waals surface area contributed by atoms with Crippen LogP contribution in [0.2, 0.25) is 0 Å². The molecule has 0 fully saturated rings. The van der Waals surface area contributed by atoms with E-state index >= 15 is 0 Å². The number of halogens is 3. The molecule has 3 aromatic rings. The van der Waals surface area contributed by atoms with Gasteiger partial charge in [0.2, 0.25) is 0 Å². The predicted molar refractivity (Wildman–Crippen MR) is 131 cm³/mol. The van der Waals surface area contributed by atoms with E-state index < -0.39 is 37.8 Å². The first-order valence-corrected chi connectivity index (χ1v) is 13.6. The maximum atomic E-state index is 13.3. The summed E-state index contributed by atoms with van der Waals surface area (Å²) in [6.45, 7) is 3.28. The molecule has 0 bridgehead atoms.